The van der Waals surface area contributed by atoms with Crippen molar-refractivity contribution in [2.75, 3.05) is 11.1 Å². The van der Waals surface area contributed by atoms with Gasteiger partial charge in [-0.15, -0.1) is 0 Å². The van der Waals surface area contributed by atoms with E-state index in [1.807, 2.05) is 12.1 Å². The predicted molar refractivity (Wildman–Crippen MR) is 78.0 cm³/mol. The lowest BCUT2D eigenvalue weighted by Gasteiger charge is -2.05. The Labute approximate surface area is 113 Å². The Balaban J connectivity index is 2.14. The number of hydrogen-bond acceptors (Lipinski definition) is 2. The minimum absolute atomic E-state index is 0.132. The lowest BCUT2D eigenvalue weighted by atomic mass is 10.2. The number of nitrogens with one attached hydrogen (secondary N) is 1. The molecule has 0 bridgehead atoms. The highest BCUT2D eigenvalue weighted by atomic mass is 127. The van der Waals surface area contributed by atoms with E-state index in [-0.39, 0.29) is 5.91 Å². The van der Waals surface area contributed by atoms with E-state index >= 15 is 0 Å². The van der Waals surface area contributed by atoms with Crippen LogP contribution in [0.3, 0.4) is 0 Å². The van der Waals surface area contributed by atoms with Crippen LogP contribution in [0.5, 0.6) is 0 Å². The molecule has 3 nitrogen and oxygen atoms in total. The van der Waals surface area contributed by atoms with E-state index in [0.29, 0.717) is 16.9 Å². The molecule has 0 aliphatic carbocycles. The maximum Gasteiger partial charge on any atom is 0.255 e. The smallest absolute Gasteiger partial charge is 0.255 e. The summed E-state index contributed by atoms with van der Waals surface area (Å²) in [6, 6.07) is 14.5. The second-order valence-electron chi connectivity index (χ2n) is 3.59. The SMILES string of the molecule is Nc1cccc(NC(=O)c2ccc(I)cc2)c1. The molecule has 3 N–H and O–H groups in total. The van der Waals surface area contributed by atoms with Crippen molar-refractivity contribution in [3.05, 3.63) is 57.7 Å². The fourth-order valence-corrected chi connectivity index (χ4v) is 1.78. The third-order valence-corrected chi connectivity index (χ3v) is 2.97. The lowest BCUT2D eigenvalue weighted by molar-refractivity contribution is 0.102. The summed E-state index contributed by atoms with van der Waals surface area (Å²) in [6.45, 7) is 0. The molecular formula is C13H11IN2O. The van der Waals surface area contributed by atoms with Gasteiger partial charge in [0.15, 0.2) is 0 Å². The van der Waals surface area contributed by atoms with Crippen LogP contribution in [0.2, 0.25) is 0 Å². The fraction of sp³-hybridized carbons (Fsp3) is 0. The van der Waals surface area contributed by atoms with E-state index in [1.54, 1.807) is 36.4 Å². The van der Waals surface area contributed by atoms with Gasteiger partial charge in [0.05, 0.1) is 0 Å². The highest BCUT2D eigenvalue weighted by molar-refractivity contribution is 14.1. The summed E-state index contributed by atoms with van der Waals surface area (Å²) >= 11 is 2.20. The van der Waals surface area contributed by atoms with E-state index in [0.717, 1.165) is 3.57 Å². The zero-order valence-electron chi connectivity index (χ0n) is 8.98. The van der Waals surface area contributed by atoms with Gasteiger partial charge in [0.25, 0.3) is 5.91 Å². The molecule has 17 heavy (non-hydrogen) atoms. The second kappa shape index (κ2) is 5.18. The van der Waals surface area contributed by atoms with Gasteiger partial charge in [-0.1, -0.05) is 6.07 Å². The van der Waals surface area contributed by atoms with Crippen molar-refractivity contribution in [2.24, 2.45) is 0 Å². The molecule has 0 heterocycles. The van der Waals surface area contributed by atoms with Crippen LogP contribution < -0.4 is 11.1 Å². The van der Waals surface area contributed by atoms with Gasteiger partial charge < -0.3 is 11.1 Å². The van der Waals surface area contributed by atoms with Crippen molar-refractivity contribution in [1.29, 1.82) is 0 Å². The number of rotatable bonds is 2. The Bertz CT molecular complexity index is 537. The average molecular weight is 338 g/mol. The Morgan fingerprint density at radius 3 is 2.47 bits per heavy atom. The third-order valence-electron chi connectivity index (χ3n) is 2.25. The zero-order valence-corrected chi connectivity index (χ0v) is 11.1. The summed E-state index contributed by atoms with van der Waals surface area (Å²) in [5.41, 5.74) is 7.61. The number of hydrogen-bond donors (Lipinski definition) is 2. The van der Waals surface area contributed by atoms with Crippen LogP contribution in [0.1, 0.15) is 10.4 Å². The fourth-order valence-electron chi connectivity index (χ4n) is 1.42. The molecule has 0 atom stereocenters. The zero-order chi connectivity index (χ0) is 12.3. The van der Waals surface area contributed by atoms with Crippen LogP contribution >= 0.6 is 22.6 Å². The molecule has 0 aromatic heterocycles. The Morgan fingerprint density at radius 2 is 1.82 bits per heavy atom. The van der Waals surface area contributed by atoms with Gasteiger partial charge in [-0.2, -0.15) is 0 Å². The van der Waals surface area contributed by atoms with Gasteiger partial charge in [-0.05, 0) is 65.1 Å². The van der Waals surface area contributed by atoms with E-state index in [1.165, 1.54) is 0 Å². The topological polar surface area (TPSA) is 55.1 Å². The van der Waals surface area contributed by atoms with E-state index in [9.17, 15) is 4.79 Å². The lowest BCUT2D eigenvalue weighted by Crippen LogP contribution is -2.11. The summed E-state index contributed by atoms with van der Waals surface area (Å²) in [7, 11) is 0. The van der Waals surface area contributed by atoms with Crippen LogP contribution in [-0.2, 0) is 0 Å². The number of carbonyl (C=O) groups is 1. The van der Waals surface area contributed by atoms with Gasteiger partial charge in [0.2, 0.25) is 0 Å². The summed E-state index contributed by atoms with van der Waals surface area (Å²) < 4.78 is 1.10. The quantitative estimate of drug-likeness (QED) is 0.653. The first-order valence-electron chi connectivity index (χ1n) is 5.07. The summed E-state index contributed by atoms with van der Waals surface area (Å²) in [6.07, 6.45) is 0. The first-order chi connectivity index (χ1) is 8.15. The summed E-state index contributed by atoms with van der Waals surface area (Å²) in [5, 5.41) is 2.80. The number of nitrogen functional groups attached to an aromatic ring is 1. The molecule has 0 radical (unpaired) electrons. The van der Waals surface area contributed by atoms with Crippen molar-refractivity contribution in [2.45, 2.75) is 0 Å². The van der Waals surface area contributed by atoms with Crippen LogP contribution in [0.4, 0.5) is 11.4 Å². The molecule has 2 rings (SSSR count). The van der Waals surface area contributed by atoms with Crippen LogP contribution in [0.25, 0.3) is 0 Å². The molecule has 86 valence electrons. The third kappa shape index (κ3) is 3.20. The molecule has 0 spiro atoms. The van der Waals surface area contributed by atoms with Crippen molar-refractivity contribution >= 4 is 39.9 Å². The van der Waals surface area contributed by atoms with Gasteiger partial charge in [0.1, 0.15) is 0 Å². The van der Waals surface area contributed by atoms with Crippen molar-refractivity contribution < 1.29 is 4.79 Å². The van der Waals surface area contributed by atoms with Crippen LogP contribution in [0.15, 0.2) is 48.5 Å². The summed E-state index contributed by atoms with van der Waals surface area (Å²) in [4.78, 5) is 11.9. The molecule has 0 saturated heterocycles. The average Bonchev–Trinajstić information content (AvgIpc) is 2.29. The molecule has 1 amide bonds. The van der Waals surface area contributed by atoms with E-state index in [2.05, 4.69) is 27.9 Å². The number of benzene rings is 2. The number of carbonyl (C=O) groups excluding carboxylic acids is 1. The minimum atomic E-state index is -0.132. The van der Waals surface area contributed by atoms with Crippen molar-refractivity contribution in [3.8, 4) is 0 Å². The molecule has 0 saturated carbocycles. The van der Waals surface area contributed by atoms with Gasteiger partial charge in [-0.25, -0.2) is 0 Å². The molecule has 4 heteroatoms. The predicted octanol–water partition coefficient (Wildman–Crippen LogP) is 3.13. The number of amides is 1. The number of anilines is 2. The van der Waals surface area contributed by atoms with Crippen molar-refractivity contribution in [1.82, 2.24) is 0 Å². The first kappa shape index (κ1) is 11.9. The molecular weight excluding hydrogens is 327 g/mol. The maximum absolute atomic E-state index is 11.9. The highest BCUT2D eigenvalue weighted by Gasteiger charge is 2.05. The minimum Gasteiger partial charge on any atom is -0.399 e. The standard InChI is InChI=1S/C13H11IN2O/c14-10-6-4-9(5-7-10)13(17)16-12-3-1-2-11(15)8-12/h1-8H,15H2,(H,16,17). The Kier molecular flexibility index (Phi) is 3.63. The van der Waals surface area contributed by atoms with Crippen LogP contribution in [0, 0.1) is 3.57 Å². The van der Waals surface area contributed by atoms with Crippen LogP contribution in [-0.4, -0.2) is 5.91 Å². The summed E-state index contributed by atoms with van der Waals surface area (Å²) in [5.74, 6) is -0.132. The second-order valence-corrected chi connectivity index (χ2v) is 4.83. The van der Waals surface area contributed by atoms with Gasteiger partial charge in [0, 0.05) is 20.5 Å². The monoisotopic (exact) mass is 338 g/mol. The molecule has 0 unspecified atom stereocenters. The molecule has 2 aromatic carbocycles. The van der Waals surface area contributed by atoms with Gasteiger partial charge in [-0.3, -0.25) is 4.79 Å². The maximum atomic E-state index is 11.9. The van der Waals surface area contributed by atoms with E-state index < -0.39 is 0 Å². The van der Waals surface area contributed by atoms with Crippen molar-refractivity contribution in [3.63, 3.8) is 0 Å². The molecule has 2 aromatic rings. The Hall–Kier alpha value is -1.56. The van der Waals surface area contributed by atoms with E-state index in [4.69, 9.17) is 5.73 Å². The molecule has 0 aliphatic rings. The molecule has 0 aliphatic heterocycles. The van der Waals surface area contributed by atoms with Gasteiger partial charge >= 0.3 is 0 Å². The highest BCUT2D eigenvalue weighted by Crippen LogP contribution is 2.14. The normalized spacial score (nSPS) is 9.94. The Morgan fingerprint density at radius 1 is 1.12 bits per heavy atom. The number of nitrogens with two attached hydrogens (primary N) is 1. The molecule has 0 fully saturated rings. The number of halogens is 1. The largest absolute Gasteiger partial charge is 0.399 e. The first-order valence-corrected chi connectivity index (χ1v) is 6.15.